The quantitative estimate of drug-likeness (QED) is 0.422. The highest BCUT2D eigenvalue weighted by atomic mass is 32.2. The number of benzene rings is 3. The number of carbonyl (C=O) groups excluding carboxylic acids is 1. The zero-order valence-electron chi connectivity index (χ0n) is 13.7. The molecule has 3 aromatic carbocycles. The van der Waals surface area contributed by atoms with Crippen LogP contribution in [0.15, 0.2) is 89.8 Å². The summed E-state index contributed by atoms with van der Waals surface area (Å²) >= 11 is 1.75. The molecule has 0 saturated carbocycles. The number of thioether (sulfide) groups is 1. The minimum absolute atomic E-state index is 0.141. The largest absolute Gasteiger partial charge is 0.293 e. The molecule has 0 spiro atoms. The van der Waals surface area contributed by atoms with Crippen LogP contribution in [0.1, 0.15) is 27.4 Å². The minimum atomic E-state index is -0.141. The van der Waals surface area contributed by atoms with Gasteiger partial charge in [-0.05, 0) is 24.1 Å². The zero-order valence-corrected chi connectivity index (χ0v) is 14.5. The molecule has 120 valence electrons. The van der Waals surface area contributed by atoms with E-state index < -0.39 is 0 Å². The molecule has 1 atom stereocenters. The van der Waals surface area contributed by atoms with Crippen molar-refractivity contribution in [1.29, 1.82) is 0 Å². The third-order valence-electron chi connectivity index (χ3n) is 4.08. The summed E-state index contributed by atoms with van der Waals surface area (Å²) < 4.78 is 0. The van der Waals surface area contributed by atoms with Crippen molar-refractivity contribution in [1.82, 2.24) is 0 Å². The summed E-state index contributed by atoms with van der Waals surface area (Å²) in [5, 5.41) is 0. The molecule has 0 saturated heterocycles. The van der Waals surface area contributed by atoms with Crippen LogP contribution in [-0.4, -0.2) is 11.5 Å². The molecule has 3 rings (SSSR count). The van der Waals surface area contributed by atoms with Gasteiger partial charge >= 0.3 is 0 Å². The number of Topliss-reactive ketones (excluding diaryl/α,β-unsaturated/α-hetero) is 1. The smallest absolute Gasteiger partial charge is 0.171 e. The third-order valence-corrected chi connectivity index (χ3v) is 5.34. The molecule has 0 bridgehead atoms. The molecular formula is C22H20OS. The van der Waals surface area contributed by atoms with E-state index in [9.17, 15) is 4.79 Å². The molecule has 3 aromatic rings. The number of hydrogen-bond donors (Lipinski definition) is 0. The Morgan fingerprint density at radius 3 is 2.08 bits per heavy atom. The van der Waals surface area contributed by atoms with Gasteiger partial charge in [-0.15, -0.1) is 11.8 Å². The second-order valence-electron chi connectivity index (χ2n) is 5.77. The van der Waals surface area contributed by atoms with Gasteiger partial charge in [-0.25, -0.2) is 0 Å². The second kappa shape index (κ2) is 7.98. The summed E-state index contributed by atoms with van der Waals surface area (Å²) in [6, 6.07) is 28.0. The molecule has 0 aromatic heterocycles. The standard InChI is InChI=1S/C22H20OS/c1-17-10-8-9-15-21(17)24-16-20(18-11-4-2-5-12-18)22(23)19-13-6-3-7-14-19/h2-15,20H,16H2,1H3. The van der Waals surface area contributed by atoms with Crippen LogP contribution in [0.3, 0.4) is 0 Å². The fraction of sp³-hybridized carbons (Fsp3) is 0.136. The molecule has 0 aliphatic heterocycles. The Morgan fingerprint density at radius 2 is 1.42 bits per heavy atom. The maximum absolute atomic E-state index is 13.0. The van der Waals surface area contributed by atoms with E-state index in [4.69, 9.17) is 0 Å². The van der Waals surface area contributed by atoms with Crippen LogP contribution in [0, 0.1) is 6.92 Å². The summed E-state index contributed by atoms with van der Waals surface area (Å²) in [6.45, 7) is 2.11. The predicted molar refractivity (Wildman–Crippen MR) is 102 cm³/mol. The Balaban J connectivity index is 1.86. The van der Waals surface area contributed by atoms with Gasteiger partial charge in [0.2, 0.25) is 0 Å². The van der Waals surface area contributed by atoms with E-state index in [1.807, 2.05) is 72.8 Å². The molecule has 1 unspecified atom stereocenters. The van der Waals surface area contributed by atoms with E-state index in [2.05, 4.69) is 19.1 Å². The highest BCUT2D eigenvalue weighted by molar-refractivity contribution is 7.99. The fourth-order valence-corrected chi connectivity index (χ4v) is 3.86. The minimum Gasteiger partial charge on any atom is -0.293 e. The molecule has 0 heterocycles. The van der Waals surface area contributed by atoms with E-state index >= 15 is 0 Å². The van der Waals surface area contributed by atoms with Crippen molar-refractivity contribution in [2.24, 2.45) is 0 Å². The Morgan fingerprint density at radius 1 is 0.833 bits per heavy atom. The average molecular weight is 332 g/mol. The van der Waals surface area contributed by atoms with Crippen LogP contribution in [0.5, 0.6) is 0 Å². The highest BCUT2D eigenvalue weighted by Crippen LogP contribution is 2.30. The molecular weight excluding hydrogens is 312 g/mol. The lowest BCUT2D eigenvalue weighted by atomic mass is 9.92. The van der Waals surface area contributed by atoms with E-state index in [1.165, 1.54) is 10.5 Å². The molecule has 0 aliphatic rings. The Labute approximate surface area is 147 Å². The maximum atomic E-state index is 13.0. The first-order valence-electron chi connectivity index (χ1n) is 8.08. The molecule has 0 fully saturated rings. The summed E-state index contributed by atoms with van der Waals surface area (Å²) in [5.41, 5.74) is 3.10. The van der Waals surface area contributed by atoms with Gasteiger partial charge < -0.3 is 0 Å². The normalized spacial score (nSPS) is 11.9. The lowest BCUT2D eigenvalue weighted by Crippen LogP contribution is -2.15. The Bertz CT molecular complexity index is 796. The first-order chi connectivity index (χ1) is 11.8. The molecule has 2 heteroatoms. The van der Waals surface area contributed by atoms with Gasteiger partial charge in [-0.1, -0.05) is 78.9 Å². The topological polar surface area (TPSA) is 17.1 Å². The van der Waals surface area contributed by atoms with Gasteiger partial charge in [0.1, 0.15) is 0 Å². The van der Waals surface area contributed by atoms with Crippen LogP contribution in [0.2, 0.25) is 0 Å². The molecule has 24 heavy (non-hydrogen) atoms. The Hall–Kier alpha value is -2.32. The lowest BCUT2D eigenvalue weighted by Gasteiger charge is -2.17. The summed E-state index contributed by atoms with van der Waals surface area (Å²) in [4.78, 5) is 14.3. The van der Waals surface area contributed by atoms with Crippen LogP contribution >= 0.6 is 11.8 Å². The van der Waals surface area contributed by atoms with Crippen molar-refractivity contribution in [2.45, 2.75) is 17.7 Å². The lowest BCUT2D eigenvalue weighted by molar-refractivity contribution is 0.0968. The predicted octanol–water partition coefficient (Wildman–Crippen LogP) is 5.75. The molecule has 0 amide bonds. The molecule has 0 aliphatic carbocycles. The van der Waals surface area contributed by atoms with E-state index in [1.54, 1.807) is 11.8 Å². The maximum Gasteiger partial charge on any atom is 0.171 e. The molecule has 0 radical (unpaired) electrons. The first kappa shape index (κ1) is 16.5. The van der Waals surface area contributed by atoms with Crippen molar-refractivity contribution in [2.75, 3.05) is 5.75 Å². The summed E-state index contributed by atoms with van der Waals surface area (Å²) in [7, 11) is 0. The molecule has 0 N–H and O–H groups in total. The van der Waals surface area contributed by atoms with Crippen LogP contribution < -0.4 is 0 Å². The van der Waals surface area contributed by atoms with E-state index in [0.717, 1.165) is 16.9 Å². The van der Waals surface area contributed by atoms with Gasteiger partial charge in [0.05, 0.1) is 5.92 Å². The fourth-order valence-electron chi connectivity index (χ4n) is 2.70. The number of carbonyl (C=O) groups is 1. The Kier molecular flexibility index (Phi) is 5.50. The second-order valence-corrected chi connectivity index (χ2v) is 6.83. The number of hydrogen-bond acceptors (Lipinski definition) is 2. The number of aryl methyl sites for hydroxylation is 1. The number of rotatable bonds is 6. The average Bonchev–Trinajstić information content (AvgIpc) is 2.65. The van der Waals surface area contributed by atoms with E-state index in [0.29, 0.717) is 0 Å². The first-order valence-corrected chi connectivity index (χ1v) is 9.07. The van der Waals surface area contributed by atoms with Crippen molar-refractivity contribution in [3.63, 3.8) is 0 Å². The third kappa shape index (κ3) is 3.95. The molecule has 1 nitrogen and oxygen atoms in total. The van der Waals surface area contributed by atoms with Crippen molar-refractivity contribution in [3.8, 4) is 0 Å². The van der Waals surface area contributed by atoms with E-state index in [-0.39, 0.29) is 11.7 Å². The van der Waals surface area contributed by atoms with Gasteiger partial charge in [0.15, 0.2) is 5.78 Å². The van der Waals surface area contributed by atoms with Crippen LogP contribution in [-0.2, 0) is 0 Å². The van der Waals surface area contributed by atoms with Gasteiger partial charge in [-0.3, -0.25) is 4.79 Å². The van der Waals surface area contributed by atoms with Crippen LogP contribution in [0.25, 0.3) is 0 Å². The zero-order chi connectivity index (χ0) is 16.8. The van der Waals surface area contributed by atoms with Gasteiger partial charge in [0, 0.05) is 16.2 Å². The monoisotopic (exact) mass is 332 g/mol. The highest BCUT2D eigenvalue weighted by Gasteiger charge is 2.22. The van der Waals surface area contributed by atoms with Gasteiger partial charge in [-0.2, -0.15) is 0 Å². The van der Waals surface area contributed by atoms with Gasteiger partial charge in [0.25, 0.3) is 0 Å². The SMILES string of the molecule is Cc1ccccc1SCC(C(=O)c1ccccc1)c1ccccc1. The van der Waals surface area contributed by atoms with Crippen molar-refractivity contribution < 1.29 is 4.79 Å². The summed E-state index contributed by atoms with van der Waals surface area (Å²) in [5.74, 6) is 0.781. The van der Waals surface area contributed by atoms with Crippen molar-refractivity contribution in [3.05, 3.63) is 102 Å². The number of ketones is 1. The summed E-state index contributed by atoms with van der Waals surface area (Å²) in [6.07, 6.45) is 0. The van der Waals surface area contributed by atoms with Crippen LogP contribution in [0.4, 0.5) is 0 Å². The van der Waals surface area contributed by atoms with Crippen molar-refractivity contribution >= 4 is 17.5 Å².